The number of hydrogen-bond donors (Lipinski definition) is 1. The van der Waals surface area contributed by atoms with Crippen LogP contribution in [0.3, 0.4) is 0 Å². The van der Waals surface area contributed by atoms with Crippen LogP contribution in [0.15, 0.2) is 39.1 Å². The highest BCUT2D eigenvalue weighted by Gasteiger charge is 2.38. The zero-order chi connectivity index (χ0) is 13.5. The molecule has 1 unspecified atom stereocenters. The Hall–Kier alpha value is -1.17. The van der Waals surface area contributed by atoms with Gasteiger partial charge in [0, 0.05) is 11.1 Å². The van der Waals surface area contributed by atoms with Gasteiger partial charge in [-0.2, -0.15) is 0 Å². The van der Waals surface area contributed by atoms with Crippen molar-refractivity contribution < 1.29 is 4.79 Å². The Morgan fingerprint density at radius 3 is 2.79 bits per heavy atom. The summed E-state index contributed by atoms with van der Waals surface area (Å²) in [6, 6.07) is 9.80. The zero-order valence-electron chi connectivity index (χ0n) is 9.56. The van der Waals surface area contributed by atoms with E-state index in [1.807, 2.05) is 30.3 Å². The number of thiophene rings is 1. The maximum absolute atomic E-state index is 11.4. The number of aldehydes is 1. The second-order valence-electron chi connectivity index (χ2n) is 4.01. The van der Waals surface area contributed by atoms with Crippen molar-refractivity contribution in [2.24, 2.45) is 4.99 Å². The summed E-state index contributed by atoms with van der Waals surface area (Å²) in [5.74, 6) is 0. The fourth-order valence-electron chi connectivity index (χ4n) is 2.04. The van der Waals surface area contributed by atoms with Crippen molar-refractivity contribution in [1.82, 2.24) is 0 Å². The number of carbonyl (C=O) groups excluding carboxylic acids is 1. The summed E-state index contributed by atoms with van der Waals surface area (Å²) in [7, 11) is 0. The van der Waals surface area contributed by atoms with Gasteiger partial charge in [0.15, 0.2) is 6.29 Å². The van der Waals surface area contributed by atoms with Crippen LogP contribution in [-0.2, 0) is 9.79 Å². The molecule has 1 aromatic carbocycles. The standard InChI is InChI=1S/C13H8BrClN2OS/c14-11-9(8-4-2-1-3-5-8)10-12(19-11)16-7-17-13(10,15)6-18/h1-7H,(H,16,17). The van der Waals surface area contributed by atoms with Gasteiger partial charge >= 0.3 is 0 Å². The Morgan fingerprint density at radius 1 is 1.37 bits per heavy atom. The molecule has 0 bridgehead atoms. The van der Waals surface area contributed by atoms with E-state index in [4.69, 9.17) is 11.6 Å². The number of aliphatic imine (C=N–C) groups is 1. The Kier molecular flexibility index (Phi) is 3.20. The van der Waals surface area contributed by atoms with E-state index in [1.54, 1.807) is 0 Å². The number of alkyl halides is 1. The molecular formula is C13H8BrClN2OS. The highest BCUT2D eigenvalue weighted by molar-refractivity contribution is 9.11. The van der Waals surface area contributed by atoms with Crippen LogP contribution in [0.25, 0.3) is 11.1 Å². The van der Waals surface area contributed by atoms with Gasteiger partial charge in [0.25, 0.3) is 0 Å². The first-order chi connectivity index (χ1) is 9.15. The lowest BCUT2D eigenvalue weighted by Gasteiger charge is -2.22. The van der Waals surface area contributed by atoms with E-state index in [-0.39, 0.29) is 0 Å². The molecule has 96 valence electrons. The normalized spacial score (nSPS) is 20.7. The van der Waals surface area contributed by atoms with Gasteiger partial charge in [-0.3, -0.25) is 4.79 Å². The van der Waals surface area contributed by atoms with Crippen LogP contribution >= 0.6 is 38.9 Å². The number of nitrogens with one attached hydrogen (secondary N) is 1. The first-order valence-corrected chi connectivity index (χ1v) is 7.48. The second kappa shape index (κ2) is 4.74. The van der Waals surface area contributed by atoms with E-state index in [0.717, 1.165) is 19.9 Å². The topological polar surface area (TPSA) is 41.5 Å². The number of carbonyl (C=O) groups is 1. The smallest absolute Gasteiger partial charge is 0.218 e. The SMILES string of the molecule is O=CC1(Cl)N=CNc2sc(Br)c(-c3ccccc3)c21. The number of benzene rings is 1. The summed E-state index contributed by atoms with van der Waals surface area (Å²) < 4.78 is 0.925. The minimum absolute atomic E-state index is 0.663. The number of hydrogen-bond acceptors (Lipinski definition) is 4. The quantitative estimate of drug-likeness (QED) is 0.498. The predicted molar refractivity (Wildman–Crippen MR) is 83.2 cm³/mol. The Labute approximate surface area is 127 Å². The summed E-state index contributed by atoms with van der Waals surface area (Å²) in [5.41, 5.74) is 2.61. The lowest BCUT2D eigenvalue weighted by molar-refractivity contribution is -0.110. The van der Waals surface area contributed by atoms with Crippen LogP contribution < -0.4 is 5.32 Å². The van der Waals surface area contributed by atoms with Gasteiger partial charge in [0.1, 0.15) is 5.00 Å². The summed E-state index contributed by atoms with van der Waals surface area (Å²) >= 11 is 11.4. The van der Waals surface area contributed by atoms with Crippen molar-refractivity contribution in [3.63, 3.8) is 0 Å². The molecule has 1 atom stereocenters. The molecule has 0 saturated heterocycles. The third-order valence-electron chi connectivity index (χ3n) is 2.88. The zero-order valence-corrected chi connectivity index (χ0v) is 12.7. The first-order valence-electron chi connectivity index (χ1n) is 5.49. The average molecular weight is 356 g/mol. The molecule has 0 fully saturated rings. The average Bonchev–Trinajstić information content (AvgIpc) is 2.78. The van der Waals surface area contributed by atoms with Gasteiger partial charge in [0.2, 0.25) is 5.00 Å². The Balaban J connectivity index is 2.29. The van der Waals surface area contributed by atoms with E-state index in [9.17, 15) is 4.79 Å². The third kappa shape index (κ3) is 2.02. The van der Waals surface area contributed by atoms with Gasteiger partial charge in [-0.25, -0.2) is 4.99 Å². The van der Waals surface area contributed by atoms with Gasteiger partial charge < -0.3 is 5.32 Å². The van der Waals surface area contributed by atoms with Crippen LogP contribution in [0.2, 0.25) is 0 Å². The number of nitrogens with zero attached hydrogens (tertiary/aromatic N) is 1. The molecule has 1 N–H and O–H groups in total. The molecule has 1 aromatic heterocycles. The molecule has 3 rings (SSSR count). The summed E-state index contributed by atoms with van der Waals surface area (Å²) in [6.45, 7) is 0. The molecule has 0 spiro atoms. The van der Waals surface area contributed by atoms with Crippen molar-refractivity contribution in [2.75, 3.05) is 5.32 Å². The molecule has 0 saturated carbocycles. The summed E-state index contributed by atoms with van der Waals surface area (Å²) in [5, 5.41) is 3.87. The van der Waals surface area contributed by atoms with Crippen LogP contribution in [0.1, 0.15) is 5.56 Å². The van der Waals surface area contributed by atoms with Gasteiger partial charge in [-0.05, 0) is 21.5 Å². The van der Waals surface area contributed by atoms with E-state index in [1.165, 1.54) is 17.7 Å². The van der Waals surface area contributed by atoms with E-state index < -0.39 is 5.00 Å². The van der Waals surface area contributed by atoms with Crippen molar-refractivity contribution >= 4 is 56.5 Å². The molecule has 6 heteroatoms. The molecule has 1 aliphatic rings. The lowest BCUT2D eigenvalue weighted by Crippen LogP contribution is -2.24. The molecule has 0 radical (unpaired) electrons. The first kappa shape index (κ1) is 12.8. The largest absolute Gasteiger partial charge is 0.338 e. The Bertz CT molecular complexity index is 671. The fraction of sp³-hybridized carbons (Fsp3) is 0.0769. The molecule has 0 amide bonds. The van der Waals surface area contributed by atoms with E-state index >= 15 is 0 Å². The van der Waals surface area contributed by atoms with Crippen LogP contribution in [-0.4, -0.2) is 12.6 Å². The van der Waals surface area contributed by atoms with Gasteiger partial charge in [0.05, 0.1) is 10.1 Å². The molecule has 19 heavy (non-hydrogen) atoms. The molecule has 1 aliphatic heterocycles. The van der Waals surface area contributed by atoms with Crippen molar-refractivity contribution in [3.8, 4) is 11.1 Å². The number of anilines is 1. The van der Waals surface area contributed by atoms with Crippen molar-refractivity contribution in [3.05, 3.63) is 39.7 Å². The lowest BCUT2D eigenvalue weighted by atomic mass is 9.98. The molecular weight excluding hydrogens is 348 g/mol. The van der Waals surface area contributed by atoms with Crippen molar-refractivity contribution in [2.45, 2.75) is 5.00 Å². The van der Waals surface area contributed by atoms with Gasteiger partial charge in [-0.15, -0.1) is 11.3 Å². The molecule has 2 heterocycles. The number of rotatable bonds is 2. The third-order valence-corrected chi connectivity index (χ3v) is 5.05. The minimum Gasteiger partial charge on any atom is -0.338 e. The van der Waals surface area contributed by atoms with E-state index in [2.05, 4.69) is 26.2 Å². The van der Waals surface area contributed by atoms with E-state index in [0.29, 0.717) is 11.8 Å². The number of fused-ring (bicyclic) bond motifs is 1. The van der Waals surface area contributed by atoms with Crippen LogP contribution in [0.5, 0.6) is 0 Å². The summed E-state index contributed by atoms with van der Waals surface area (Å²) in [6.07, 6.45) is 2.12. The highest BCUT2D eigenvalue weighted by atomic mass is 79.9. The monoisotopic (exact) mass is 354 g/mol. The molecule has 0 aliphatic carbocycles. The van der Waals surface area contributed by atoms with Crippen molar-refractivity contribution in [1.29, 1.82) is 0 Å². The maximum Gasteiger partial charge on any atom is 0.218 e. The van der Waals surface area contributed by atoms with Crippen LogP contribution in [0.4, 0.5) is 5.00 Å². The maximum atomic E-state index is 11.4. The van der Waals surface area contributed by atoms with Crippen LogP contribution in [0, 0.1) is 0 Å². The summed E-state index contributed by atoms with van der Waals surface area (Å²) in [4.78, 5) is 14.1. The fourth-order valence-corrected chi connectivity index (χ4v) is 4.22. The molecule has 3 nitrogen and oxygen atoms in total. The second-order valence-corrected chi connectivity index (χ2v) is 6.93. The predicted octanol–water partition coefficient (Wildman–Crippen LogP) is 4.22. The number of halogens is 2. The van der Waals surface area contributed by atoms with Gasteiger partial charge in [-0.1, -0.05) is 41.9 Å². The molecule has 2 aromatic rings. The Morgan fingerprint density at radius 2 is 2.11 bits per heavy atom. The highest BCUT2D eigenvalue weighted by Crippen LogP contribution is 2.51. The minimum atomic E-state index is -1.35.